The number of hydrogen-bond acceptors (Lipinski definition) is 3. The van der Waals surface area contributed by atoms with Crippen molar-refractivity contribution in [3.05, 3.63) is 11.6 Å². The molecule has 0 amide bonds. The van der Waals surface area contributed by atoms with E-state index in [1.165, 1.54) is 0 Å². The molecule has 1 unspecified atom stereocenters. The minimum Gasteiger partial charge on any atom is -0.478 e. The fourth-order valence-corrected chi connectivity index (χ4v) is 0.772. The second-order valence-electron chi connectivity index (χ2n) is 2.88. The van der Waals surface area contributed by atoms with Crippen LogP contribution in [0.2, 0.25) is 0 Å². The first-order chi connectivity index (χ1) is 5.86. The van der Waals surface area contributed by atoms with Gasteiger partial charge in [-0.2, -0.15) is 0 Å². The number of rotatable bonds is 4. The summed E-state index contributed by atoms with van der Waals surface area (Å²) < 4.78 is 0. The van der Waals surface area contributed by atoms with E-state index in [-0.39, 0.29) is 5.57 Å². The third-order valence-corrected chi connectivity index (χ3v) is 1.75. The molecule has 0 heterocycles. The zero-order chi connectivity index (χ0) is 10.6. The van der Waals surface area contributed by atoms with E-state index in [0.717, 1.165) is 0 Å². The Morgan fingerprint density at radius 1 is 1.31 bits per heavy atom. The summed E-state index contributed by atoms with van der Waals surface area (Å²) >= 11 is 0. The number of carbonyl (C=O) groups is 2. The van der Waals surface area contributed by atoms with Crippen molar-refractivity contribution >= 4 is 11.9 Å². The molecule has 0 bridgehead atoms. The molecule has 0 saturated heterocycles. The van der Waals surface area contributed by atoms with Crippen molar-refractivity contribution in [1.29, 1.82) is 0 Å². The third kappa shape index (κ3) is 3.71. The Bertz CT molecular complexity index is 245. The summed E-state index contributed by atoms with van der Waals surface area (Å²) in [6.45, 7) is 1.63. The second kappa shape index (κ2) is 4.61. The molecule has 0 saturated carbocycles. The average molecular weight is 187 g/mol. The highest BCUT2D eigenvalue weighted by Crippen LogP contribution is 2.07. The molecule has 0 aromatic heterocycles. The quantitative estimate of drug-likeness (QED) is 0.607. The van der Waals surface area contributed by atoms with Gasteiger partial charge >= 0.3 is 11.9 Å². The summed E-state index contributed by atoms with van der Waals surface area (Å²) in [5.41, 5.74) is -0.127. The fraction of sp³-hybridized carbons (Fsp3) is 0.500. The number of carboxylic acid groups (broad SMARTS) is 2. The molecule has 74 valence electrons. The zero-order valence-corrected chi connectivity index (χ0v) is 7.81. The zero-order valence-electron chi connectivity index (χ0n) is 7.81. The third-order valence-electron chi connectivity index (χ3n) is 1.75. The van der Waals surface area contributed by atoms with E-state index in [2.05, 4.69) is 0 Å². The molecule has 0 aliphatic heterocycles. The van der Waals surface area contributed by atoms with E-state index in [0.29, 0.717) is 6.08 Å². The number of likely N-dealkylation sites (N-methyl/N-ethyl adjacent to an activating group) is 1. The lowest BCUT2D eigenvalue weighted by Gasteiger charge is -2.19. The summed E-state index contributed by atoms with van der Waals surface area (Å²) in [6.07, 6.45) is 0.715. The minimum atomic E-state index is -1.24. The Balaban J connectivity index is 4.82. The van der Waals surface area contributed by atoms with Crippen LogP contribution in [0, 0.1) is 0 Å². The van der Waals surface area contributed by atoms with E-state index in [4.69, 9.17) is 10.2 Å². The summed E-state index contributed by atoms with van der Waals surface area (Å²) in [6, 6.07) is -0.423. The fourth-order valence-electron chi connectivity index (χ4n) is 0.772. The van der Waals surface area contributed by atoms with Crippen LogP contribution in [0.3, 0.4) is 0 Å². The van der Waals surface area contributed by atoms with E-state index < -0.39 is 18.0 Å². The Labute approximate surface area is 76.3 Å². The van der Waals surface area contributed by atoms with Crippen LogP contribution < -0.4 is 0 Å². The predicted molar refractivity (Wildman–Crippen MR) is 46.5 cm³/mol. The van der Waals surface area contributed by atoms with Crippen LogP contribution in [0.1, 0.15) is 6.92 Å². The van der Waals surface area contributed by atoms with Crippen LogP contribution in [0.25, 0.3) is 0 Å². The monoisotopic (exact) mass is 187 g/mol. The number of aliphatic carboxylic acids is 2. The van der Waals surface area contributed by atoms with Gasteiger partial charge in [-0.25, -0.2) is 9.59 Å². The van der Waals surface area contributed by atoms with Gasteiger partial charge in [0.05, 0.1) is 5.57 Å². The van der Waals surface area contributed by atoms with Crippen molar-refractivity contribution < 1.29 is 19.8 Å². The van der Waals surface area contributed by atoms with Crippen LogP contribution in [0.5, 0.6) is 0 Å². The van der Waals surface area contributed by atoms with Crippen molar-refractivity contribution in [1.82, 2.24) is 4.90 Å². The molecule has 0 aromatic carbocycles. The number of carboxylic acids is 2. The Morgan fingerprint density at radius 2 is 1.77 bits per heavy atom. The van der Waals surface area contributed by atoms with E-state index in [1.807, 2.05) is 0 Å². The lowest BCUT2D eigenvalue weighted by atomic mass is 10.1. The molecule has 0 aromatic rings. The summed E-state index contributed by atoms with van der Waals surface area (Å²) in [5.74, 6) is -2.45. The largest absolute Gasteiger partial charge is 0.478 e. The molecule has 5 heteroatoms. The molecule has 0 aliphatic carbocycles. The number of nitrogens with zero attached hydrogens (tertiary/aromatic N) is 1. The molecular formula is C8H13NO4. The van der Waals surface area contributed by atoms with Crippen LogP contribution in [0.4, 0.5) is 0 Å². The van der Waals surface area contributed by atoms with Gasteiger partial charge in [-0.3, -0.25) is 0 Å². The topological polar surface area (TPSA) is 77.8 Å². The highest BCUT2D eigenvalue weighted by atomic mass is 16.4. The van der Waals surface area contributed by atoms with Crippen LogP contribution in [0.15, 0.2) is 11.6 Å². The second-order valence-corrected chi connectivity index (χ2v) is 2.88. The van der Waals surface area contributed by atoms with E-state index in [9.17, 15) is 9.59 Å². The highest BCUT2D eigenvalue weighted by Gasteiger charge is 2.18. The average Bonchev–Trinajstić information content (AvgIpc) is 1.97. The lowest BCUT2D eigenvalue weighted by Crippen LogP contribution is -2.30. The van der Waals surface area contributed by atoms with Crippen molar-refractivity contribution in [3.63, 3.8) is 0 Å². The minimum absolute atomic E-state index is 0.127. The first-order valence-electron chi connectivity index (χ1n) is 3.70. The first kappa shape index (κ1) is 11.6. The molecular weight excluding hydrogens is 174 g/mol. The Hall–Kier alpha value is -1.36. The standard InChI is InChI=1S/C8H13NO4/c1-5(9(2)3)6(8(12)13)4-7(10)11/h4-5H,1-3H3,(H,10,11)(H,12,13). The molecule has 0 fully saturated rings. The molecule has 0 radical (unpaired) electrons. The van der Waals surface area contributed by atoms with Gasteiger partial charge in [-0.1, -0.05) is 0 Å². The Morgan fingerprint density at radius 3 is 2.00 bits per heavy atom. The van der Waals surface area contributed by atoms with Gasteiger partial charge in [0.2, 0.25) is 0 Å². The van der Waals surface area contributed by atoms with Crippen LogP contribution >= 0.6 is 0 Å². The van der Waals surface area contributed by atoms with Crippen LogP contribution in [-0.4, -0.2) is 47.2 Å². The first-order valence-corrected chi connectivity index (χ1v) is 3.70. The van der Waals surface area contributed by atoms with Crippen LogP contribution in [-0.2, 0) is 9.59 Å². The van der Waals surface area contributed by atoms with Gasteiger partial charge in [0, 0.05) is 12.1 Å². The van der Waals surface area contributed by atoms with Gasteiger partial charge in [-0.05, 0) is 21.0 Å². The SMILES string of the molecule is CC(C(=CC(=O)O)C(=O)O)N(C)C. The molecule has 2 N–H and O–H groups in total. The summed E-state index contributed by atoms with van der Waals surface area (Å²) in [7, 11) is 3.37. The molecule has 1 atom stereocenters. The highest BCUT2D eigenvalue weighted by molar-refractivity contribution is 5.95. The normalized spacial score (nSPS) is 14.3. The summed E-state index contributed by atoms with van der Waals surface area (Å²) in [4.78, 5) is 22.5. The number of hydrogen-bond donors (Lipinski definition) is 2. The van der Waals surface area contributed by atoms with Crippen molar-refractivity contribution in [3.8, 4) is 0 Å². The summed E-state index contributed by atoms with van der Waals surface area (Å²) in [5, 5.41) is 17.1. The maximum Gasteiger partial charge on any atom is 0.333 e. The maximum absolute atomic E-state index is 10.6. The lowest BCUT2D eigenvalue weighted by molar-refractivity contribution is -0.135. The van der Waals surface area contributed by atoms with Crippen molar-refractivity contribution in [2.45, 2.75) is 13.0 Å². The molecule has 0 aliphatic rings. The van der Waals surface area contributed by atoms with Gasteiger partial charge in [0.1, 0.15) is 0 Å². The predicted octanol–water partition coefficient (Wildman–Crippen LogP) is 0.0321. The molecule has 5 nitrogen and oxygen atoms in total. The molecule has 13 heavy (non-hydrogen) atoms. The van der Waals surface area contributed by atoms with Gasteiger partial charge in [0.25, 0.3) is 0 Å². The van der Waals surface area contributed by atoms with Gasteiger partial charge < -0.3 is 15.1 Å². The van der Waals surface area contributed by atoms with E-state index >= 15 is 0 Å². The van der Waals surface area contributed by atoms with Crippen molar-refractivity contribution in [2.24, 2.45) is 0 Å². The van der Waals surface area contributed by atoms with Crippen molar-refractivity contribution in [2.75, 3.05) is 14.1 Å². The Kier molecular flexibility index (Phi) is 4.13. The van der Waals surface area contributed by atoms with Gasteiger partial charge in [0.15, 0.2) is 0 Å². The maximum atomic E-state index is 10.6. The molecule has 0 rings (SSSR count). The van der Waals surface area contributed by atoms with E-state index in [1.54, 1.807) is 25.9 Å². The smallest absolute Gasteiger partial charge is 0.333 e. The van der Waals surface area contributed by atoms with Gasteiger partial charge in [-0.15, -0.1) is 0 Å². The molecule has 0 spiro atoms.